The molecule has 1 aliphatic rings. The quantitative estimate of drug-likeness (QED) is 0.757. The maximum atomic E-state index is 11.6. The highest BCUT2D eigenvalue weighted by molar-refractivity contribution is 5.72. The molecule has 0 saturated carbocycles. The van der Waals surface area contributed by atoms with Crippen LogP contribution in [0.15, 0.2) is 18.2 Å². The lowest BCUT2D eigenvalue weighted by Crippen LogP contribution is -2.48. The molecule has 1 aromatic rings. The maximum absolute atomic E-state index is 11.6. The summed E-state index contributed by atoms with van der Waals surface area (Å²) in [5.74, 6) is 1.17. The van der Waals surface area contributed by atoms with E-state index in [9.17, 15) is 4.79 Å². The van der Waals surface area contributed by atoms with Crippen LogP contribution in [0.4, 0.5) is 0 Å². The summed E-state index contributed by atoms with van der Waals surface area (Å²) in [6.45, 7) is 0.982. The van der Waals surface area contributed by atoms with Crippen LogP contribution in [0.2, 0.25) is 0 Å². The first kappa shape index (κ1) is 13.7. The molecule has 5 nitrogen and oxygen atoms in total. The number of hydrogen-bond donors (Lipinski definition) is 0. The van der Waals surface area contributed by atoms with E-state index in [-0.39, 0.29) is 17.8 Å². The lowest BCUT2D eigenvalue weighted by Gasteiger charge is -2.41. The summed E-state index contributed by atoms with van der Waals surface area (Å²) in [5.41, 5.74) is 0.595. The van der Waals surface area contributed by atoms with Gasteiger partial charge in [-0.05, 0) is 6.07 Å². The van der Waals surface area contributed by atoms with Gasteiger partial charge in [0, 0.05) is 11.6 Å². The first-order valence-corrected chi connectivity index (χ1v) is 6.02. The zero-order chi connectivity index (χ0) is 13.9. The monoisotopic (exact) mass is 266 g/mol. The van der Waals surface area contributed by atoms with Crippen LogP contribution < -0.4 is 9.47 Å². The van der Waals surface area contributed by atoms with Crippen molar-refractivity contribution in [3.8, 4) is 11.5 Å². The molecule has 0 radical (unpaired) electrons. The van der Waals surface area contributed by atoms with Gasteiger partial charge >= 0.3 is 5.97 Å². The van der Waals surface area contributed by atoms with Crippen molar-refractivity contribution >= 4 is 5.97 Å². The standard InChI is InChI=1S/C14H18O5/c1-16-10-4-5-11(12(6-10)17-2)14(8-19-9-14)7-13(15)18-3/h4-6H,7-9H2,1-3H3. The fraction of sp³-hybridized carbons (Fsp3) is 0.500. The highest BCUT2D eigenvalue weighted by atomic mass is 16.5. The van der Waals surface area contributed by atoms with Gasteiger partial charge in [-0.2, -0.15) is 0 Å². The van der Waals surface area contributed by atoms with Gasteiger partial charge in [-0.1, -0.05) is 6.07 Å². The van der Waals surface area contributed by atoms with E-state index in [1.54, 1.807) is 14.2 Å². The molecule has 1 aromatic carbocycles. The Hall–Kier alpha value is -1.75. The number of hydrogen-bond acceptors (Lipinski definition) is 5. The zero-order valence-corrected chi connectivity index (χ0v) is 11.4. The predicted octanol–water partition coefficient (Wildman–Crippen LogP) is 1.53. The van der Waals surface area contributed by atoms with Gasteiger partial charge in [0.1, 0.15) is 11.5 Å². The van der Waals surface area contributed by atoms with Crippen LogP contribution >= 0.6 is 0 Å². The Kier molecular flexibility index (Phi) is 3.95. The molecule has 0 aromatic heterocycles. The third-order valence-electron chi connectivity index (χ3n) is 3.45. The number of rotatable bonds is 5. The third kappa shape index (κ3) is 2.51. The number of methoxy groups -OCH3 is 3. The molecule has 5 heteroatoms. The number of carbonyl (C=O) groups excluding carboxylic acids is 1. The van der Waals surface area contributed by atoms with Gasteiger partial charge in [-0.15, -0.1) is 0 Å². The Morgan fingerprint density at radius 3 is 2.47 bits per heavy atom. The predicted molar refractivity (Wildman–Crippen MR) is 68.7 cm³/mol. The van der Waals surface area contributed by atoms with Crippen LogP contribution in [0, 0.1) is 0 Å². The van der Waals surface area contributed by atoms with Crippen LogP contribution in [0.25, 0.3) is 0 Å². The van der Waals surface area contributed by atoms with Crippen LogP contribution in [-0.4, -0.2) is 40.5 Å². The first-order valence-electron chi connectivity index (χ1n) is 6.02. The van der Waals surface area contributed by atoms with Crippen molar-refractivity contribution in [2.45, 2.75) is 11.8 Å². The molecule has 0 atom stereocenters. The van der Waals surface area contributed by atoms with Crippen LogP contribution in [0.1, 0.15) is 12.0 Å². The van der Waals surface area contributed by atoms with E-state index in [1.165, 1.54) is 7.11 Å². The highest BCUT2D eigenvalue weighted by Gasteiger charge is 2.44. The summed E-state index contributed by atoms with van der Waals surface area (Å²) in [4.78, 5) is 11.6. The molecule has 1 saturated heterocycles. The Morgan fingerprint density at radius 1 is 1.26 bits per heavy atom. The van der Waals surface area contributed by atoms with E-state index in [0.717, 1.165) is 5.56 Å². The van der Waals surface area contributed by atoms with Gasteiger partial charge in [0.05, 0.1) is 46.4 Å². The van der Waals surface area contributed by atoms with Gasteiger partial charge in [0.25, 0.3) is 0 Å². The molecule has 104 valence electrons. The zero-order valence-electron chi connectivity index (χ0n) is 11.4. The Balaban J connectivity index is 2.35. The SMILES string of the molecule is COC(=O)CC1(c2ccc(OC)cc2OC)COC1. The Morgan fingerprint density at radius 2 is 2.00 bits per heavy atom. The molecule has 1 fully saturated rings. The molecule has 19 heavy (non-hydrogen) atoms. The summed E-state index contributed by atoms with van der Waals surface area (Å²) >= 11 is 0. The van der Waals surface area contributed by atoms with Crippen molar-refractivity contribution in [3.05, 3.63) is 23.8 Å². The average molecular weight is 266 g/mol. The lowest BCUT2D eigenvalue weighted by molar-refractivity contribution is -0.148. The van der Waals surface area contributed by atoms with Gasteiger partial charge < -0.3 is 18.9 Å². The molecular weight excluding hydrogens is 248 g/mol. The fourth-order valence-electron chi connectivity index (χ4n) is 2.29. The molecule has 0 N–H and O–H groups in total. The molecule has 0 amide bonds. The summed E-state index contributed by atoms with van der Waals surface area (Å²) in [7, 11) is 4.59. The summed E-state index contributed by atoms with van der Waals surface area (Å²) in [6, 6.07) is 5.59. The van der Waals surface area contributed by atoms with E-state index in [2.05, 4.69) is 0 Å². The average Bonchev–Trinajstić information content (AvgIpc) is 2.42. The molecular formula is C14H18O5. The number of esters is 1. The smallest absolute Gasteiger partial charge is 0.306 e. The first-order chi connectivity index (χ1) is 9.15. The number of carbonyl (C=O) groups is 1. The Labute approximate surface area is 112 Å². The minimum atomic E-state index is -0.356. The van der Waals surface area contributed by atoms with Crippen LogP contribution in [-0.2, 0) is 19.7 Å². The molecule has 0 unspecified atom stereocenters. The third-order valence-corrected chi connectivity index (χ3v) is 3.45. The minimum absolute atomic E-state index is 0.249. The summed E-state index contributed by atoms with van der Waals surface area (Å²) in [5, 5.41) is 0. The van der Waals surface area contributed by atoms with E-state index < -0.39 is 0 Å². The van der Waals surface area contributed by atoms with E-state index in [4.69, 9.17) is 18.9 Å². The second-order valence-electron chi connectivity index (χ2n) is 4.59. The lowest BCUT2D eigenvalue weighted by atomic mass is 9.75. The normalized spacial score (nSPS) is 16.4. The second kappa shape index (κ2) is 5.48. The van der Waals surface area contributed by atoms with Crippen molar-refractivity contribution in [2.24, 2.45) is 0 Å². The van der Waals surface area contributed by atoms with Crippen molar-refractivity contribution in [1.29, 1.82) is 0 Å². The minimum Gasteiger partial charge on any atom is -0.497 e. The molecule has 0 spiro atoms. The topological polar surface area (TPSA) is 54.0 Å². The van der Waals surface area contributed by atoms with E-state index in [0.29, 0.717) is 24.7 Å². The highest BCUT2D eigenvalue weighted by Crippen LogP contribution is 2.42. The van der Waals surface area contributed by atoms with Gasteiger partial charge in [-0.3, -0.25) is 4.79 Å². The largest absolute Gasteiger partial charge is 0.497 e. The van der Waals surface area contributed by atoms with Crippen molar-refractivity contribution in [1.82, 2.24) is 0 Å². The van der Waals surface area contributed by atoms with Crippen molar-refractivity contribution in [3.63, 3.8) is 0 Å². The molecule has 0 bridgehead atoms. The molecule has 2 rings (SSSR count). The maximum Gasteiger partial charge on any atom is 0.306 e. The van der Waals surface area contributed by atoms with Gasteiger partial charge in [0.15, 0.2) is 0 Å². The second-order valence-corrected chi connectivity index (χ2v) is 4.59. The van der Waals surface area contributed by atoms with Crippen LogP contribution in [0.5, 0.6) is 11.5 Å². The Bertz CT molecular complexity index is 465. The molecule has 1 heterocycles. The van der Waals surface area contributed by atoms with Gasteiger partial charge in [-0.25, -0.2) is 0 Å². The number of ether oxygens (including phenoxy) is 4. The summed E-state index contributed by atoms with van der Waals surface area (Å²) in [6.07, 6.45) is 0.284. The van der Waals surface area contributed by atoms with E-state index in [1.807, 2.05) is 18.2 Å². The van der Waals surface area contributed by atoms with Crippen molar-refractivity contribution in [2.75, 3.05) is 34.5 Å². The molecule has 0 aliphatic carbocycles. The van der Waals surface area contributed by atoms with Gasteiger partial charge in [0.2, 0.25) is 0 Å². The molecule has 1 aliphatic heterocycles. The van der Waals surface area contributed by atoms with Crippen LogP contribution in [0.3, 0.4) is 0 Å². The fourth-order valence-corrected chi connectivity index (χ4v) is 2.29. The summed E-state index contributed by atoms with van der Waals surface area (Å²) < 4.78 is 20.6. The number of benzene rings is 1. The van der Waals surface area contributed by atoms with Crippen molar-refractivity contribution < 1.29 is 23.7 Å². The van der Waals surface area contributed by atoms with E-state index >= 15 is 0 Å².